The van der Waals surface area contributed by atoms with Crippen molar-refractivity contribution in [3.05, 3.63) is 60.2 Å². The van der Waals surface area contributed by atoms with Crippen LogP contribution >= 0.6 is 12.2 Å². The van der Waals surface area contributed by atoms with Crippen LogP contribution in [0.15, 0.2) is 54.6 Å². The molecule has 6 nitrogen and oxygen atoms in total. The smallest absolute Gasteiger partial charge is 0.305 e. The van der Waals surface area contributed by atoms with Crippen molar-refractivity contribution in [2.24, 2.45) is 0 Å². The lowest BCUT2D eigenvalue weighted by molar-refractivity contribution is -0.143. The number of benzene rings is 2. The predicted octanol–water partition coefficient (Wildman–Crippen LogP) is 4.24. The fourth-order valence-electron chi connectivity index (χ4n) is 2.75. The van der Waals surface area contributed by atoms with Crippen molar-refractivity contribution in [3.8, 4) is 5.75 Å². The zero-order chi connectivity index (χ0) is 21.6. The molecule has 2 aromatic rings. The van der Waals surface area contributed by atoms with E-state index in [1.807, 2.05) is 43.3 Å². The Balaban J connectivity index is 1.57. The quantitative estimate of drug-likeness (QED) is 0.317. The van der Waals surface area contributed by atoms with Gasteiger partial charge in [0.1, 0.15) is 5.75 Å². The summed E-state index contributed by atoms with van der Waals surface area (Å²) < 4.78 is 10.6. The molecule has 2 rings (SSSR count). The van der Waals surface area contributed by atoms with Crippen LogP contribution in [0.1, 0.15) is 38.2 Å². The van der Waals surface area contributed by atoms with Crippen molar-refractivity contribution in [2.75, 3.05) is 18.5 Å². The molecule has 0 saturated carbocycles. The van der Waals surface area contributed by atoms with Crippen molar-refractivity contribution in [2.45, 2.75) is 39.0 Å². The Labute approximate surface area is 183 Å². The van der Waals surface area contributed by atoms with E-state index < -0.39 is 0 Å². The second-order valence-electron chi connectivity index (χ2n) is 6.63. The van der Waals surface area contributed by atoms with E-state index in [1.165, 1.54) is 5.56 Å². The molecule has 30 heavy (non-hydrogen) atoms. The third-order valence-corrected chi connectivity index (χ3v) is 4.36. The highest BCUT2D eigenvalue weighted by atomic mass is 32.1. The summed E-state index contributed by atoms with van der Waals surface area (Å²) >= 11 is 5.16. The largest absolute Gasteiger partial charge is 0.494 e. The molecule has 160 valence electrons. The Morgan fingerprint density at radius 2 is 1.80 bits per heavy atom. The summed E-state index contributed by atoms with van der Waals surface area (Å²) in [5.74, 6) is 0.188. The van der Waals surface area contributed by atoms with Crippen LogP contribution in [0.25, 0.3) is 0 Å². The molecule has 0 aliphatic rings. The molecule has 0 aliphatic carbocycles. The van der Waals surface area contributed by atoms with Crippen LogP contribution in [0.2, 0.25) is 0 Å². The first-order valence-electron chi connectivity index (χ1n) is 10.1. The van der Waals surface area contributed by atoms with E-state index in [-0.39, 0.29) is 29.8 Å². The fraction of sp³-hybridized carbons (Fsp3) is 0.348. The molecule has 0 bridgehead atoms. The molecule has 2 N–H and O–H groups in total. The van der Waals surface area contributed by atoms with Gasteiger partial charge in [-0.2, -0.15) is 0 Å². The van der Waals surface area contributed by atoms with Crippen molar-refractivity contribution < 1.29 is 19.1 Å². The van der Waals surface area contributed by atoms with Crippen molar-refractivity contribution in [1.29, 1.82) is 0 Å². The van der Waals surface area contributed by atoms with Gasteiger partial charge in [0.25, 0.3) is 0 Å². The first kappa shape index (κ1) is 23.3. The lowest BCUT2D eigenvalue weighted by Crippen LogP contribution is -2.34. The van der Waals surface area contributed by atoms with Gasteiger partial charge in [-0.3, -0.25) is 9.59 Å². The number of hydrogen-bond acceptors (Lipinski definition) is 5. The van der Waals surface area contributed by atoms with E-state index in [0.29, 0.717) is 19.6 Å². The maximum absolute atomic E-state index is 12.0. The summed E-state index contributed by atoms with van der Waals surface area (Å²) in [7, 11) is 0. The number of hydrogen-bond donors (Lipinski definition) is 2. The van der Waals surface area contributed by atoms with Crippen LogP contribution in [0.3, 0.4) is 0 Å². The van der Waals surface area contributed by atoms with Crippen molar-refractivity contribution in [1.82, 2.24) is 5.32 Å². The number of rotatable bonds is 11. The lowest BCUT2D eigenvalue weighted by Gasteiger charge is -2.11. The Hall–Kier alpha value is -2.93. The van der Waals surface area contributed by atoms with Gasteiger partial charge in [-0.15, -0.1) is 0 Å². The molecule has 2 aromatic carbocycles. The van der Waals surface area contributed by atoms with Gasteiger partial charge >= 0.3 is 5.97 Å². The molecule has 0 spiro atoms. The minimum atomic E-state index is -0.288. The molecule has 0 fully saturated rings. The SMILES string of the molecule is CCOc1cccc(NC(=S)NC(=O)CCCC(=O)OCCCc2ccccc2)c1. The maximum atomic E-state index is 12.0. The summed E-state index contributed by atoms with van der Waals surface area (Å²) in [6, 6.07) is 17.4. The van der Waals surface area contributed by atoms with Gasteiger partial charge in [-0.1, -0.05) is 36.4 Å². The molecular formula is C23H28N2O4S. The summed E-state index contributed by atoms with van der Waals surface area (Å²) in [6.07, 6.45) is 2.45. The Kier molecular flexibility index (Phi) is 10.4. The molecular weight excluding hydrogens is 400 g/mol. The lowest BCUT2D eigenvalue weighted by atomic mass is 10.1. The molecule has 7 heteroatoms. The van der Waals surface area contributed by atoms with E-state index in [2.05, 4.69) is 22.8 Å². The van der Waals surface area contributed by atoms with Crippen molar-refractivity contribution >= 4 is 34.9 Å². The van der Waals surface area contributed by atoms with E-state index >= 15 is 0 Å². The Morgan fingerprint density at radius 1 is 1.00 bits per heavy atom. The number of amides is 1. The van der Waals surface area contributed by atoms with Gasteiger partial charge in [-0.25, -0.2) is 0 Å². The standard InChI is InChI=1S/C23H28N2O4S/c1-2-28-20-13-6-12-19(17-20)24-23(30)25-21(26)14-7-15-22(27)29-16-8-11-18-9-4-3-5-10-18/h3-6,9-10,12-13,17H,2,7-8,11,14-16H2,1H3,(H2,24,25,26,30). The maximum Gasteiger partial charge on any atom is 0.305 e. The summed E-state index contributed by atoms with van der Waals surface area (Å²) in [5, 5.41) is 5.76. The zero-order valence-electron chi connectivity index (χ0n) is 17.2. The van der Waals surface area contributed by atoms with Crippen molar-refractivity contribution in [3.63, 3.8) is 0 Å². The highest BCUT2D eigenvalue weighted by molar-refractivity contribution is 7.80. The number of anilines is 1. The Morgan fingerprint density at radius 3 is 2.57 bits per heavy atom. The van der Waals surface area contributed by atoms with Gasteiger partial charge in [-0.05, 0) is 56.1 Å². The van der Waals surface area contributed by atoms with Gasteiger partial charge in [0.2, 0.25) is 5.91 Å². The Bertz CT molecular complexity index is 827. The fourth-order valence-corrected chi connectivity index (χ4v) is 2.99. The van der Waals surface area contributed by atoms with Gasteiger partial charge in [0, 0.05) is 24.6 Å². The second kappa shape index (κ2) is 13.3. The molecule has 0 saturated heterocycles. The van der Waals surface area contributed by atoms with Crippen LogP contribution in [0.5, 0.6) is 5.75 Å². The number of esters is 1. The number of nitrogens with one attached hydrogen (secondary N) is 2. The summed E-state index contributed by atoms with van der Waals surface area (Å²) in [5.41, 5.74) is 1.95. The minimum absolute atomic E-state index is 0.194. The monoisotopic (exact) mass is 428 g/mol. The highest BCUT2D eigenvalue weighted by Gasteiger charge is 2.08. The average molecular weight is 429 g/mol. The first-order chi connectivity index (χ1) is 14.6. The van der Waals surface area contributed by atoms with E-state index in [4.69, 9.17) is 21.7 Å². The highest BCUT2D eigenvalue weighted by Crippen LogP contribution is 2.17. The number of carbonyl (C=O) groups excluding carboxylic acids is 2. The topological polar surface area (TPSA) is 76.7 Å². The number of ether oxygens (including phenoxy) is 2. The molecule has 0 radical (unpaired) electrons. The zero-order valence-corrected chi connectivity index (χ0v) is 18.0. The number of thiocarbonyl (C=S) groups is 1. The minimum Gasteiger partial charge on any atom is -0.494 e. The normalized spacial score (nSPS) is 10.2. The van der Waals surface area contributed by atoms with E-state index in [0.717, 1.165) is 24.3 Å². The first-order valence-corrected chi connectivity index (χ1v) is 10.5. The van der Waals surface area contributed by atoms with Gasteiger partial charge in [0.15, 0.2) is 5.11 Å². The van der Waals surface area contributed by atoms with Crippen LogP contribution < -0.4 is 15.4 Å². The summed E-state index contributed by atoms with van der Waals surface area (Å²) in [4.78, 5) is 23.8. The predicted molar refractivity (Wildman–Crippen MR) is 122 cm³/mol. The van der Waals surface area contributed by atoms with Gasteiger partial charge < -0.3 is 20.1 Å². The molecule has 0 heterocycles. The molecule has 1 amide bonds. The summed E-state index contributed by atoms with van der Waals surface area (Å²) in [6.45, 7) is 2.86. The third kappa shape index (κ3) is 9.52. The molecule has 0 aliphatic heterocycles. The van der Waals surface area contributed by atoms with Crippen LogP contribution in [-0.4, -0.2) is 30.2 Å². The molecule has 0 unspecified atom stereocenters. The van der Waals surface area contributed by atoms with E-state index in [9.17, 15) is 9.59 Å². The number of carbonyl (C=O) groups is 2. The van der Waals surface area contributed by atoms with Crippen LogP contribution in [-0.2, 0) is 20.7 Å². The average Bonchev–Trinajstić information content (AvgIpc) is 2.72. The van der Waals surface area contributed by atoms with Crippen LogP contribution in [0, 0.1) is 0 Å². The third-order valence-electron chi connectivity index (χ3n) is 4.16. The molecule has 0 atom stereocenters. The second-order valence-corrected chi connectivity index (χ2v) is 7.03. The molecule has 0 aromatic heterocycles. The van der Waals surface area contributed by atoms with Crippen LogP contribution in [0.4, 0.5) is 5.69 Å². The van der Waals surface area contributed by atoms with Gasteiger partial charge in [0.05, 0.1) is 13.2 Å². The number of aryl methyl sites for hydroxylation is 1. The van der Waals surface area contributed by atoms with E-state index in [1.54, 1.807) is 6.07 Å².